The Labute approximate surface area is 200 Å². The normalized spacial score (nSPS) is 10.8. The molecule has 1 N–H and O–H groups in total. The van der Waals surface area contributed by atoms with E-state index in [1.807, 2.05) is 42.5 Å². The molecule has 0 aliphatic heterocycles. The molecule has 0 aliphatic rings. The first-order chi connectivity index (χ1) is 16.3. The molecule has 5 heteroatoms. The van der Waals surface area contributed by atoms with Crippen LogP contribution in [0.4, 0.5) is 0 Å². The second-order valence-corrected chi connectivity index (χ2v) is 8.86. The van der Waals surface area contributed by atoms with Gasteiger partial charge in [-0.1, -0.05) is 97.5 Å². The lowest BCUT2D eigenvalue weighted by atomic mass is 10.0. The molecule has 4 aromatic rings. The third-order valence-electron chi connectivity index (χ3n) is 5.35. The SMILES string of the molecule is CCCn1c(SCCCNC(=O)c2ccccc2)nc(-c2ccccc2)c1-c1ccccc1. The van der Waals surface area contributed by atoms with Gasteiger partial charge in [0.25, 0.3) is 5.91 Å². The summed E-state index contributed by atoms with van der Waals surface area (Å²) in [6, 6.07) is 30.3. The maximum absolute atomic E-state index is 12.2. The Morgan fingerprint density at radius 2 is 1.48 bits per heavy atom. The van der Waals surface area contributed by atoms with Gasteiger partial charge in [0.15, 0.2) is 5.16 Å². The third kappa shape index (κ3) is 5.74. The van der Waals surface area contributed by atoms with Crippen LogP contribution in [0.1, 0.15) is 30.1 Å². The summed E-state index contributed by atoms with van der Waals surface area (Å²) in [5, 5.41) is 4.05. The molecule has 0 saturated carbocycles. The Morgan fingerprint density at radius 3 is 2.12 bits per heavy atom. The maximum Gasteiger partial charge on any atom is 0.251 e. The summed E-state index contributed by atoms with van der Waals surface area (Å²) >= 11 is 1.76. The summed E-state index contributed by atoms with van der Waals surface area (Å²) < 4.78 is 2.35. The number of aromatic nitrogens is 2. The fraction of sp³-hybridized carbons (Fsp3) is 0.214. The lowest BCUT2D eigenvalue weighted by Gasteiger charge is -2.12. The summed E-state index contributed by atoms with van der Waals surface area (Å²) in [5.41, 5.74) is 5.20. The van der Waals surface area contributed by atoms with Gasteiger partial charge in [0.1, 0.15) is 0 Å². The van der Waals surface area contributed by atoms with E-state index in [0.29, 0.717) is 12.1 Å². The molecule has 0 radical (unpaired) electrons. The Morgan fingerprint density at radius 1 is 0.879 bits per heavy atom. The first-order valence-electron chi connectivity index (χ1n) is 11.5. The van der Waals surface area contributed by atoms with Crippen molar-refractivity contribution in [2.24, 2.45) is 0 Å². The first-order valence-corrected chi connectivity index (χ1v) is 12.4. The van der Waals surface area contributed by atoms with Gasteiger partial charge in [0.05, 0.1) is 11.4 Å². The minimum absolute atomic E-state index is 0.0224. The number of nitrogens with zero attached hydrogens (tertiary/aromatic N) is 2. The number of benzene rings is 3. The van der Waals surface area contributed by atoms with Crippen molar-refractivity contribution in [3.8, 4) is 22.5 Å². The van der Waals surface area contributed by atoms with Crippen molar-refractivity contribution in [1.29, 1.82) is 0 Å². The van der Waals surface area contributed by atoms with Crippen LogP contribution >= 0.6 is 11.8 Å². The molecule has 1 heterocycles. The Kier molecular flexibility index (Phi) is 7.99. The predicted octanol–water partition coefficient (Wildman–Crippen LogP) is 6.54. The van der Waals surface area contributed by atoms with Crippen molar-refractivity contribution in [1.82, 2.24) is 14.9 Å². The molecule has 33 heavy (non-hydrogen) atoms. The number of carbonyl (C=O) groups excluding carboxylic acids is 1. The highest BCUT2D eigenvalue weighted by Gasteiger charge is 2.19. The molecule has 0 saturated heterocycles. The first kappa shape index (κ1) is 22.9. The van der Waals surface area contributed by atoms with Crippen molar-refractivity contribution < 1.29 is 4.79 Å². The summed E-state index contributed by atoms with van der Waals surface area (Å²) in [6.07, 6.45) is 1.91. The van der Waals surface area contributed by atoms with Gasteiger partial charge < -0.3 is 9.88 Å². The molecule has 0 spiro atoms. The number of nitrogens with one attached hydrogen (secondary N) is 1. The van der Waals surface area contributed by atoms with Gasteiger partial charge in [-0.2, -0.15) is 0 Å². The average Bonchev–Trinajstić information content (AvgIpc) is 3.23. The van der Waals surface area contributed by atoms with E-state index in [4.69, 9.17) is 4.98 Å². The van der Waals surface area contributed by atoms with E-state index in [1.165, 1.54) is 11.3 Å². The minimum atomic E-state index is -0.0224. The van der Waals surface area contributed by atoms with Gasteiger partial charge >= 0.3 is 0 Å². The Balaban J connectivity index is 1.50. The standard InChI is InChI=1S/C28H29N3OS/c1-2-20-31-26(23-15-8-4-9-16-23)25(22-13-6-3-7-14-22)30-28(31)33-21-12-19-29-27(32)24-17-10-5-11-18-24/h3-11,13-18H,2,12,19-21H2,1H3,(H,29,32). The summed E-state index contributed by atoms with van der Waals surface area (Å²) in [4.78, 5) is 17.3. The van der Waals surface area contributed by atoms with Crippen LogP contribution in [0, 0.1) is 0 Å². The lowest BCUT2D eigenvalue weighted by Crippen LogP contribution is -2.24. The highest BCUT2D eigenvalue weighted by Crippen LogP contribution is 2.36. The van der Waals surface area contributed by atoms with Crippen LogP contribution in [0.3, 0.4) is 0 Å². The summed E-state index contributed by atoms with van der Waals surface area (Å²) in [5.74, 6) is 0.865. The molecular weight excluding hydrogens is 426 g/mol. The van der Waals surface area contributed by atoms with E-state index in [2.05, 4.69) is 65.3 Å². The van der Waals surface area contributed by atoms with Crippen LogP contribution < -0.4 is 5.32 Å². The highest BCUT2D eigenvalue weighted by molar-refractivity contribution is 7.99. The molecule has 0 unspecified atom stereocenters. The van der Waals surface area contributed by atoms with Crippen LogP contribution in [0.15, 0.2) is 96.2 Å². The van der Waals surface area contributed by atoms with Gasteiger partial charge in [-0.15, -0.1) is 0 Å². The fourth-order valence-electron chi connectivity index (χ4n) is 3.79. The van der Waals surface area contributed by atoms with Crippen molar-refractivity contribution >= 4 is 17.7 Å². The van der Waals surface area contributed by atoms with Crippen LogP contribution in [0.2, 0.25) is 0 Å². The maximum atomic E-state index is 12.2. The zero-order chi connectivity index (χ0) is 22.9. The van der Waals surface area contributed by atoms with Crippen molar-refractivity contribution in [3.05, 3.63) is 96.6 Å². The fourth-order valence-corrected chi connectivity index (χ4v) is 4.75. The topological polar surface area (TPSA) is 46.9 Å². The van der Waals surface area contributed by atoms with Crippen LogP contribution in [-0.2, 0) is 6.54 Å². The molecule has 4 rings (SSSR count). The average molecular weight is 456 g/mol. The van der Waals surface area contributed by atoms with Gasteiger partial charge in [0, 0.05) is 35.5 Å². The molecule has 0 atom stereocenters. The molecule has 0 fully saturated rings. The van der Waals surface area contributed by atoms with Crippen LogP contribution in [-0.4, -0.2) is 27.8 Å². The highest BCUT2D eigenvalue weighted by atomic mass is 32.2. The number of hydrogen-bond acceptors (Lipinski definition) is 3. The van der Waals surface area contributed by atoms with Crippen LogP contribution in [0.25, 0.3) is 22.5 Å². The quantitative estimate of drug-likeness (QED) is 0.218. The van der Waals surface area contributed by atoms with E-state index >= 15 is 0 Å². The zero-order valence-corrected chi connectivity index (χ0v) is 19.7. The molecule has 0 aliphatic carbocycles. The van der Waals surface area contributed by atoms with Gasteiger partial charge in [0.2, 0.25) is 0 Å². The summed E-state index contributed by atoms with van der Waals surface area (Å²) in [6.45, 7) is 3.76. The molecule has 1 aromatic heterocycles. The second kappa shape index (κ2) is 11.5. The largest absolute Gasteiger partial charge is 0.352 e. The minimum Gasteiger partial charge on any atom is -0.352 e. The van der Waals surface area contributed by atoms with Crippen LogP contribution in [0.5, 0.6) is 0 Å². The molecule has 1 amide bonds. The molecule has 3 aromatic carbocycles. The molecule has 0 bridgehead atoms. The Bertz CT molecular complexity index is 1160. The van der Waals surface area contributed by atoms with E-state index in [1.54, 1.807) is 11.8 Å². The number of rotatable bonds is 10. The van der Waals surface area contributed by atoms with Gasteiger partial charge in [-0.05, 0) is 25.0 Å². The van der Waals surface area contributed by atoms with Crippen molar-refractivity contribution in [2.75, 3.05) is 12.3 Å². The van der Waals surface area contributed by atoms with Gasteiger partial charge in [-0.3, -0.25) is 4.79 Å². The van der Waals surface area contributed by atoms with E-state index in [0.717, 1.165) is 41.6 Å². The predicted molar refractivity (Wildman–Crippen MR) is 138 cm³/mol. The molecule has 4 nitrogen and oxygen atoms in total. The number of hydrogen-bond donors (Lipinski definition) is 1. The monoisotopic (exact) mass is 455 g/mol. The number of thioether (sulfide) groups is 1. The van der Waals surface area contributed by atoms with E-state index in [9.17, 15) is 4.79 Å². The summed E-state index contributed by atoms with van der Waals surface area (Å²) in [7, 11) is 0. The number of carbonyl (C=O) groups is 1. The van der Waals surface area contributed by atoms with Gasteiger partial charge in [-0.25, -0.2) is 4.98 Å². The Hall–Kier alpha value is -3.31. The van der Waals surface area contributed by atoms with E-state index in [-0.39, 0.29) is 5.91 Å². The van der Waals surface area contributed by atoms with Crippen molar-refractivity contribution in [2.45, 2.75) is 31.5 Å². The number of imidazole rings is 1. The van der Waals surface area contributed by atoms with Crippen molar-refractivity contribution in [3.63, 3.8) is 0 Å². The molecular formula is C28H29N3OS. The molecule has 168 valence electrons. The smallest absolute Gasteiger partial charge is 0.251 e. The van der Waals surface area contributed by atoms with E-state index < -0.39 is 0 Å². The third-order valence-corrected chi connectivity index (χ3v) is 6.41. The lowest BCUT2D eigenvalue weighted by molar-refractivity contribution is 0.0954. The second-order valence-electron chi connectivity index (χ2n) is 7.80. The number of amides is 1. The zero-order valence-electron chi connectivity index (χ0n) is 18.9.